The third-order valence-electron chi connectivity index (χ3n) is 4.35. The van der Waals surface area contributed by atoms with Crippen molar-refractivity contribution in [3.05, 3.63) is 70.8 Å². The topological polar surface area (TPSA) is 127 Å². The lowest BCUT2D eigenvalue weighted by Gasteiger charge is -2.18. The summed E-state index contributed by atoms with van der Waals surface area (Å²) in [6.45, 7) is 3.30. The van der Waals surface area contributed by atoms with Crippen LogP contribution < -0.4 is 0 Å². The molecule has 0 aromatic heterocycles. The number of ether oxygens (including phenoxy) is 2. The van der Waals surface area contributed by atoms with Crippen LogP contribution in [-0.4, -0.2) is 46.3 Å². The minimum Gasteiger partial charge on any atom is -0.478 e. The summed E-state index contributed by atoms with van der Waals surface area (Å²) in [4.78, 5) is 47.0. The number of esters is 2. The van der Waals surface area contributed by atoms with Crippen molar-refractivity contribution in [3.63, 3.8) is 0 Å². The Morgan fingerprint density at radius 3 is 1.27 bits per heavy atom. The van der Waals surface area contributed by atoms with Gasteiger partial charge in [-0.1, -0.05) is 24.3 Å². The van der Waals surface area contributed by atoms with Crippen LogP contribution in [0.5, 0.6) is 0 Å². The molecule has 0 heterocycles. The summed E-state index contributed by atoms with van der Waals surface area (Å²) in [6, 6.07) is 11.5. The molecular weight excluding hydrogens is 392 g/mol. The van der Waals surface area contributed by atoms with Crippen molar-refractivity contribution in [2.45, 2.75) is 38.9 Å². The molecule has 2 aromatic carbocycles. The fraction of sp³-hybridized carbons (Fsp3) is 0.273. The minimum atomic E-state index is -1.22. The molecule has 0 aliphatic carbocycles. The van der Waals surface area contributed by atoms with Gasteiger partial charge in [-0.25, -0.2) is 19.2 Å². The number of benzene rings is 2. The van der Waals surface area contributed by atoms with Crippen LogP contribution in [-0.2, 0) is 9.47 Å². The first-order valence-corrected chi connectivity index (χ1v) is 9.27. The summed E-state index contributed by atoms with van der Waals surface area (Å²) < 4.78 is 10.6. The van der Waals surface area contributed by atoms with Crippen LogP contribution in [0.15, 0.2) is 48.5 Å². The molecule has 2 N–H and O–H groups in total. The first-order valence-electron chi connectivity index (χ1n) is 9.27. The van der Waals surface area contributed by atoms with Crippen LogP contribution in [0.3, 0.4) is 0 Å². The molecule has 0 fully saturated rings. The molecule has 2 atom stereocenters. The van der Waals surface area contributed by atoms with Gasteiger partial charge in [0, 0.05) is 0 Å². The van der Waals surface area contributed by atoms with Gasteiger partial charge >= 0.3 is 23.9 Å². The molecule has 30 heavy (non-hydrogen) atoms. The fourth-order valence-electron chi connectivity index (χ4n) is 2.77. The smallest absolute Gasteiger partial charge is 0.339 e. The van der Waals surface area contributed by atoms with Crippen LogP contribution in [0.25, 0.3) is 0 Å². The van der Waals surface area contributed by atoms with E-state index in [1.807, 2.05) is 0 Å². The van der Waals surface area contributed by atoms with Crippen molar-refractivity contribution in [3.8, 4) is 0 Å². The molecule has 2 aromatic rings. The molecule has 8 heteroatoms. The Morgan fingerprint density at radius 2 is 0.967 bits per heavy atom. The number of carbonyl (C=O) groups excluding carboxylic acids is 2. The SMILES string of the molecule is C[C@H](CC[C@H](C)OC(=O)c1ccccc1C(=O)O)OC(=O)c1ccccc1C(=O)O. The maximum absolute atomic E-state index is 12.3. The number of carboxylic acid groups (broad SMARTS) is 2. The molecule has 2 rings (SSSR count). The van der Waals surface area contributed by atoms with Gasteiger partial charge in [-0.15, -0.1) is 0 Å². The van der Waals surface area contributed by atoms with Crippen molar-refractivity contribution >= 4 is 23.9 Å². The van der Waals surface area contributed by atoms with Gasteiger partial charge in [0.05, 0.1) is 34.5 Å². The van der Waals surface area contributed by atoms with Gasteiger partial charge in [-0.2, -0.15) is 0 Å². The molecule has 0 unspecified atom stereocenters. The average Bonchev–Trinajstić information content (AvgIpc) is 2.72. The van der Waals surface area contributed by atoms with E-state index in [4.69, 9.17) is 19.7 Å². The van der Waals surface area contributed by atoms with Gasteiger partial charge in [-0.05, 0) is 51.0 Å². The molecule has 0 bridgehead atoms. The normalized spacial score (nSPS) is 12.5. The maximum Gasteiger partial charge on any atom is 0.339 e. The molecule has 0 aliphatic heterocycles. The van der Waals surface area contributed by atoms with Crippen LogP contribution in [0.1, 0.15) is 68.1 Å². The van der Waals surface area contributed by atoms with Crippen LogP contribution in [0.2, 0.25) is 0 Å². The Kier molecular flexibility index (Phi) is 7.69. The largest absolute Gasteiger partial charge is 0.478 e. The zero-order valence-corrected chi connectivity index (χ0v) is 16.5. The van der Waals surface area contributed by atoms with Crippen molar-refractivity contribution in [1.29, 1.82) is 0 Å². The quantitative estimate of drug-likeness (QED) is 0.595. The Balaban J connectivity index is 1.90. The average molecular weight is 414 g/mol. The molecule has 158 valence electrons. The number of hydrogen-bond donors (Lipinski definition) is 2. The zero-order chi connectivity index (χ0) is 22.3. The van der Waals surface area contributed by atoms with E-state index in [9.17, 15) is 19.2 Å². The Bertz CT molecular complexity index is 872. The van der Waals surface area contributed by atoms with Crippen LogP contribution >= 0.6 is 0 Å². The van der Waals surface area contributed by atoms with E-state index in [2.05, 4.69) is 0 Å². The highest BCUT2D eigenvalue weighted by atomic mass is 16.5. The summed E-state index contributed by atoms with van der Waals surface area (Å²) in [7, 11) is 0. The molecule has 8 nitrogen and oxygen atoms in total. The first-order chi connectivity index (χ1) is 14.2. The Morgan fingerprint density at radius 1 is 0.667 bits per heavy atom. The summed E-state index contributed by atoms with van der Waals surface area (Å²) >= 11 is 0. The van der Waals surface area contributed by atoms with E-state index < -0.39 is 36.1 Å². The van der Waals surface area contributed by atoms with E-state index in [-0.39, 0.29) is 22.3 Å². The predicted octanol–water partition coefficient (Wildman–Crippen LogP) is 3.65. The summed E-state index contributed by atoms with van der Waals surface area (Å²) in [6.07, 6.45) is -0.384. The minimum absolute atomic E-state index is 0.0402. The molecule has 0 radical (unpaired) electrons. The van der Waals surface area contributed by atoms with Gasteiger partial charge in [0.2, 0.25) is 0 Å². The number of carboxylic acids is 2. The maximum atomic E-state index is 12.3. The lowest BCUT2D eigenvalue weighted by molar-refractivity contribution is 0.0184. The lowest BCUT2D eigenvalue weighted by Crippen LogP contribution is -2.21. The summed E-state index contributed by atoms with van der Waals surface area (Å²) in [5, 5.41) is 18.3. The monoisotopic (exact) mass is 414 g/mol. The van der Waals surface area contributed by atoms with Crippen molar-refractivity contribution < 1.29 is 38.9 Å². The number of rotatable bonds is 9. The Labute approximate surface area is 173 Å². The van der Waals surface area contributed by atoms with E-state index in [0.29, 0.717) is 12.8 Å². The second-order valence-electron chi connectivity index (χ2n) is 6.71. The fourth-order valence-corrected chi connectivity index (χ4v) is 2.77. The number of hydrogen-bond acceptors (Lipinski definition) is 6. The molecular formula is C22H22O8. The van der Waals surface area contributed by atoms with E-state index in [1.54, 1.807) is 26.0 Å². The molecule has 0 spiro atoms. The van der Waals surface area contributed by atoms with E-state index in [0.717, 1.165) is 0 Å². The highest BCUT2D eigenvalue weighted by Gasteiger charge is 2.21. The predicted molar refractivity (Wildman–Crippen MR) is 106 cm³/mol. The third kappa shape index (κ3) is 5.91. The molecule has 0 saturated carbocycles. The second-order valence-corrected chi connectivity index (χ2v) is 6.71. The van der Waals surface area contributed by atoms with E-state index in [1.165, 1.54) is 36.4 Å². The lowest BCUT2D eigenvalue weighted by atomic mass is 10.1. The van der Waals surface area contributed by atoms with Gasteiger partial charge in [-0.3, -0.25) is 0 Å². The van der Waals surface area contributed by atoms with Crippen LogP contribution in [0.4, 0.5) is 0 Å². The third-order valence-corrected chi connectivity index (χ3v) is 4.35. The van der Waals surface area contributed by atoms with Gasteiger partial charge < -0.3 is 19.7 Å². The van der Waals surface area contributed by atoms with Crippen molar-refractivity contribution in [2.75, 3.05) is 0 Å². The zero-order valence-electron chi connectivity index (χ0n) is 16.5. The van der Waals surface area contributed by atoms with Crippen molar-refractivity contribution in [1.82, 2.24) is 0 Å². The van der Waals surface area contributed by atoms with Gasteiger partial charge in [0.25, 0.3) is 0 Å². The van der Waals surface area contributed by atoms with Crippen LogP contribution in [0, 0.1) is 0 Å². The molecule has 0 saturated heterocycles. The number of carbonyl (C=O) groups is 4. The summed E-state index contributed by atoms with van der Waals surface area (Å²) in [5.74, 6) is -3.95. The highest BCUT2D eigenvalue weighted by Crippen LogP contribution is 2.16. The van der Waals surface area contributed by atoms with Gasteiger partial charge in [0.15, 0.2) is 0 Å². The summed E-state index contributed by atoms with van der Waals surface area (Å²) in [5.41, 5.74) is -0.369. The Hall–Kier alpha value is -3.68. The molecule has 0 aliphatic rings. The highest BCUT2D eigenvalue weighted by molar-refractivity contribution is 6.03. The molecule has 0 amide bonds. The second kappa shape index (κ2) is 10.2. The van der Waals surface area contributed by atoms with Gasteiger partial charge in [0.1, 0.15) is 0 Å². The van der Waals surface area contributed by atoms with E-state index >= 15 is 0 Å². The first kappa shape index (κ1) is 22.6. The van der Waals surface area contributed by atoms with Crippen molar-refractivity contribution in [2.24, 2.45) is 0 Å². The number of aromatic carboxylic acids is 2. The standard InChI is InChI=1S/C22H22O8/c1-13(29-21(27)17-9-5-3-7-15(17)19(23)24)11-12-14(2)30-22(28)18-10-6-4-8-16(18)20(25)26/h3-10,13-14H,11-12H2,1-2H3,(H,23,24)(H,25,26)/t13-,14+.